The van der Waals surface area contributed by atoms with Gasteiger partial charge in [-0.25, -0.2) is 9.36 Å². The van der Waals surface area contributed by atoms with Crippen LogP contribution in [-0.4, -0.2) is 87.5 Å². The summed E-state index contributed by atoms with van der Waals surface area (Å²) in [5.41, 5.74) is 5.31. The quantitative estimate of drug-likeness (QED) is 0.0535. The molecule has 2 amide bonds. The van der Waals surface area contributed by atoms with Crippen LogP contribution in [0.1, 0.15) is 122 Å². The molecule has 0 spiro atoms. The number of amides is 2. The van der Waals surface area contributed by atoms with E-state index in [1.807, 2.05) is 21.1 Å². The van der Waals surface area contributed by atoms with E-state index in [4.69, 9.17) is 19.5 Å². The van der Waals surface area contributed by atoms with Crippen LogP contribution in [-0.2, 0) is 18.3 Å². The van der Waals surface area contributed by atoms with Crippen LogP contribution in [0.15, 0.2) is 0 Å². The van der Waals surface area contributed by atoms with E-state index in [2.05, 4.69) is 6.92 Å². The fourth-order valence-electron chi connectivity index (χ4n) is 4.48. The molecule has 0 radical (unpaired) electrons. The molecular weight excluding hydrogens is 529 g/mol. The molecule has 0 rings (SSSR count). The molecule has 9 nitrogen and oxygen atoms in total. The van der Waals surface area contributed by atoms with Crippen LogP contribution in [0.25, 0.3) is 0 Å². The standard InChI is InChI=1S/C30H64N3O6P/c1-6-7-8-9-10-11-12-13-14-15-16-17-18-19-20-21-22-23-25-37-28-29(27-32(2)30(31)34)39-40(35,36)38-26-24-33(3,4)5/h29H,6-28H2,1-5H3,(H2-,31,34,35,36)/p+1. The van der Waals surface area contributed by atoms with Crippen molar-refractivity contribution in [3.63, 3.8) is 0 Å². The number of quaternary nitrogens is 1. The molecular formula is C30H65N3O6P+. The highest BCUT2D eigenvalue weighted by Gasteiger charge is 2.29. The van der Waals surface area contributed by atoms with Gasteiger partial charge in [0.05, 0.1) is 34.3 Å². The number of hydrogen-bond donors (Lipinski definition) is 2. The first-order valence-electron chi connectivity index (χ1n) is 16.0. The minimum atomic E-state index is -4.29. The Morgan fingerprint density at radius 1 is 0.800 bits per heavy atom. The van der Waals surface area contributed by atoms with Crippen molar-refractivity contribution in [2.75, 3.05) is 61.1 Å². The van der Waals surface area contributed by atoms with Crippen LogP contribution in [0.3, 0.4) is 0 Å². The van der Waals surface area contributed by atoms with E-state index in [9.17, 15) is 14.3 Å². The van der Waals surface area contributed by atoms with E-state index in [-0.39, 0.29) is 19.8 Å². The van der Waals surface area contributed by atoms with Gasteiger partial charge in [-0.3, -0.25) is 9.05 Å². The number of ether oxygens (including phenoxy) is 1. The van der Waals surface area contributed by atoms with Gasteiger partial charge in [0.25, 0.3) is 0 Å². The number of unbranched alkanes of at least 4 members (excludes halogenated alkanes) is 17. The van der Waals surface area contributed by atoms with Gasteiger partial charge in [0, 0.05) is 13.7 Å². The Morgan fingerprint density at radius 3 is 1.62 bits per heavy atom. The molecule has 0 bridgehead atoms. The summed E-state index contributed by atoms with van der Waals surface area (Å²) in [6, 6.07) is -0.643. The Balaban J connectivity index is 3.84. The van der Waals surface area contributed by atoms with Crippen LogP contribution < -0.4 is 5.73 Å². The summed E-state index contributed by atoms with van der Waals surface area (Å²) in [6.45, 7) is 3.57. The van der Waals surface area contributed by atoms with Gasteiger partial charge in [-0.05, 0) is 6.42 Å². The monoisotopic (exact) mass is 594 g/mol. The highest BCUT2D eigenvalue weighted by Crippen LogP contribution is 2.44. The van der Waals surface area contributed by atoms with Crippen LogP contribution in [0.4, 0.5) is 4.79 Å². The first-order valence-corrected chi connectivity index (χ1v) is 17.5. The molecule has 240 valence electrons. The Morgan fingerprint density at radius 2 is 1.23 bits per heavy atom. The SMILES string of the molecule is CCCCCCCCCCCCCCCCCCCCOCC(CN(C)C(N)=O)OP(=O)(O)OCC[N+](C)(C)C. The first-order chi connectivity index (χ1) is 19.0. The number of primary amides is 1. The Labute approximate surface area is 246 Å². The zero-order valence-corrected chi connectivity index (χ0v) is 27.6. The van der Waals surface area contributed by atoms with Gasteiger partial charge in [0.1, 0.15) is 19.3 Å². The van der Waals surface area contributed by atoms with Gasteiger partial charge in [-0.15, -0.1) is 0 Å². The van der Waals surface area contributed by atoms with Crippen LogP contribution in [0, 0.1) is 0 Å². The number of nitrogens with two attached hydrogens (primary N) is 1. The van der Waals surface area contributed by atoms with Crippen LogP contribution in [0.5, 0.6) is 0 Å². The van der Waals surface area contributed by atoms with E-state index >= 15 is 0 Å². The number of nitrogens with zero attached hydrogens (tertiary/aromatic N) is 2. The smallest absolute Gasteiger partial charge is 0.379 e. The molecule has 40 heavy (non-hydrogen) atoms. The van der Waals surface area contributed by atoms with E-state index in [1.54, 1.807) is 0 Å². The minimum Gasteiger partial charge on any atom is -0.379 e. The molecule has 0 aromatic carbocycles. The zero-order valence-electron chi connectivity index (χ0n) is 26.7. The molecule has 0 aromatic rings. The summed E-state index contributed by atoms with van der Waals surface area (Å²) in [6.07, 6.45) is 23.1. The molecule has 0 aliphatic rings. The number of likely N-dealkylation sites (N-methyl/N-ethyl adjacent to an activating group) is 2. The van der Waals surface area contributed by atoms with Crippen LogP contribution in [0.2, 0.25) is 0 Å². The first kappa shape index (κ1) is 39.3. The Hall–Kier alpha value is -0.700. The fraction of sp³-hybridized carbons (Fsp3) is 0.967. The second-order valence-electron chi connectivity index (χ2n) is 12.3. The van der Waals surface area contributed by atoms with Crippen molar-refractivity contribution in [1.82, 2.24) is 4.90 Å². The number of phosphoric acid groups is 1. The molecule has 0 saturated heterocycles. The normalized spacial score (nSPS) is 14.2. The molecule has 3 N–H and O–H groups in total. The summed E-state index contributed by atoms with van der Waals surface area (Å²) in [7, 11) is 3.11. The second-order valence-corrected chi connectivity index (χ2v) is 13.8. The van der Waals surface area contributed by atoms with Crippen molar-refractivity contribution in [2.45, 2.75) is 129 Å². The maximum Gasteiger partial charge on any atom is 0.472 e. The third-order valence-corrected chi connectivity index (χ3v) is 8.17. The van der Waals surface area contributed by atoms with Crippen LogP contribution >= 0.6 is 7.82 Å². The molecule has 0 aliphatic heterocycles. The lowest BCUT2D eigenvalue weighted by atomic mass is 10.0. The van der Waals surface area contributed by atoms with Gasteiger partial charge in [0.2, 0.25) is 0 Å². The lowest BCUT2D eigenvalue weighted by Gasteiger charge is -2.26. The predicted molar refractivity (Wildman–Crippen MR) is 165 cm³/mol. The second kappa shape index (κ2) is 24.9. The van der Waals surface area contributed by atoms with E-state index in [0.717, 1.165) is 12.8 Å². The number of hydrogen-bond acceptors (Lipinski definition) is 5. The lowest BCUT2D eigenvalue weighted by Crippen LogP contribution is -2.40. The third kappa shape index (κ3) is 27.5. The summed E-state index contributed by atoms with van der Waals surface area (Å²) < 4.78 is 29.1. The lowest BCUT2D eigenvalue weighted by molar-refractivity contribution is -0.870. The highest BCUT2D eigenvalue weighted by molar-refractivity contribution is 7.47. The van der Waals surface area contributed by atoms with Crippen molar-refractivity contribution in [2.24, 2.45) is 5.73 Å². The average Bonchev–Trinajstić information content (AvgIpc) is 2.86. The van der Waals surface area contributed by atoms with Gasteiger partial charge in [0.15, 0.2) is 0 Å². The van der Waals surface area contributed by atoms with E-state index in [0.29, 0.717) is 17.6 Å². The molecule has 2 atom stereocenters. The summed E-state index contributed by atoms with van der Waals surface area (Å²) in [5, 5.41) is 0. The summed E-state index contributed by atoms with van der Waals surface area (Å²) in [4.78, 5) is 22.8. The summed E-state index contributed by atoms with van der Waals surface area (Å²) >= 11 is 0. The van der Waals surface area contributed by atoms with Crippen molar-refractivity contribution in [3.8, 4) is 0 Å². The molecule has 0 aromatic heterocycles. The number of urea groups is 1. The molecule has 0 heterocycles. The Kier molecular flexibility index (Phi) is 24.4. The maximum atomic E-state index is 12.4. The van der Waals surface area contributed by atoms with Gasteiger partial charge in [-0.2, -0.15) is 0 Å². The minimum absolute atomic E-state index is 0.0394. The molecule has 0 fully saturated rings. The van der Waals surface area contributed by atoms with Gasteiger partial charge >= 0.3 is 13.9 Å². The number of rotatable bonds is 29. The average molecular weight is 595 g/mol. The summed E-state index contributed by atoms with van der Waals surface area (Å²) in [5.74, 6) is 0. The number of phosphoric ester groups is 1. The van der Waals surface area contributed by atoms with Gasteiger partial charge in [-0.1, -0.05) is 116 Å². The van der Waals surface area contributed by atoms with E-state index in [1.165, 1.54) is 115 Å². The van der Waals surface area contributed by atoms with Crippen molar-refractivity contribution < 1.29 is 32.5 Å². The van der Waals surface area contributed by atoms with Crippen molar-refractivity contribution >= 4 is 13.9 Å². The molecule has 0 saturated carbocycles. The molecule has 10 heteroatoms. The third-order valence-electron chi connectivity index (χ3n) is 7.10. The van der Waals surface area contributed by atoms with Crippen molar-refractivity contribution in [3.05, 3.63) is 0 Å². The number of carbonyl (C=O) groups is 1. The molecule has 2 unspecified atom stereocenters. The predicted octanol–water partition coefficient (Wildman–Crippen LogP) is 7.26. The maximum absolute atomic E-state index is 12.4. The largest absolute Gasteiger partial charge is 0.472 e. The molecule has 0 aliphatic carbocycles. The fourth-order valence-corrected chi connectivity index (χ4v) is 5.36. The number of carbonyl (C=O) groups excluding carboxylic acids is 1. The zero-order chi connectivity index (χ0) is 30.1. The van der Waals surface area contributed by atoms with Crippen molar-refractivity contribution in [1.29, 1.82) is 0 Å². The topological polar surface area (TPSA) is 111 Å². The Bertz CT molecular complexity index is 647. The van der Waals surface area contributed by atoms with E-state index < -0.39 is 20.0 Å². The highest BCUT2D eigenvalue weighted by atomic mass is 31.2. The van der Waals surface area contributed by atoms with Gasteiger partial charge < -0.3 is 24.7 Å².